The second kappa shape index (κ2) is 4.38. The minimum atomic E-state index is -0.497. The van der Waals surface area contributed by atoms with E-state index in [1.807, 2.05) is 0 Å². The number of ketones is 1. The molecule has 1 aromatic rings. The van der Waals surface area contributed by atoms with Crippen LogP contribution < -0.4 is 0 Å². The lowest BCUT2D eigenvalue weighted by molar-refractivity contribution is 0.104. The standard InChI is InChI=1S/C11H10ClFO/c1-7(2)3-11(14)8-4-9(12)6-10(13)5-8/h3-6H,1-2H3. The Morgan fingerprint density at radius 3 is 2.50 bits per heavy atom. The van der Waals surface area contributed by atoms with Gasteiger partial charge >= 0.3 is 0 Å². The molecule has 1 nitrogen and oxygen atoms in total. The van der Waals surface area contributed by atoms with Crippen molar-refractivity contribution in [2.75, 3.05) is 0 Å². The molecular formula is C11H10ClFO. The fourth-order valence-corrected chi connectivity index (χ4v) is 1.26. The lowest BCUT2D eigenvalue weighted by atomic mass is 10.1. The summed E-state index contributed by atoms with van der Waals surface area (Å²) in [5.41, 5.74) is 1.14. The third-order valence-electron chi connectivity index (χ3n) is 1.57. The Kier molecular flexibility index (Phi) is 3.42. The van der Waals surface area contributed by atoms with E-state index in [0.29, 0.717) is 0 Å². The maximum atomic E-state index is 12.9. The summed E-state index contributed by atoms with van der Waals surface area (Å²) in [6.07, 6.45) is 1.45. The average molecular weight is 213 g/mol. The number of rotatable bonds is 2. The van der Waals surface area contributed by atoms with E-state index in [1.165, 1.54) is 24.3 Å². The van der Waals surface area contributed by atoms with Gasteiger partial charge in [0.15, 0.2) is 5.78 Å². The highest BCUT2D eigenvalue weighted by atomic mass is 35.5. The lowest BCUT2D eigenvalue weighted by Gasteiger charge is -1.98. The molecule has 0 aliphatic carbocycles. The third kappa shape index (κ3) is 2.96. The second-order valence-corrected chi connectivity index (χ2v) is 3.68. The summed E-state index contributed by atoms with van der Waals surface area (Å²) in [7, 11) is 0. The molecule has 74 valence electrons. The molecule has 0 atom stereocenters. The summed E-state index contributed by atoms with van der Waals surface area (Å²) in [6.45, 7) is 3.61. The lowest BCUT2D eigenvalue weighted by Crippen LogP contribution is -1.96. The quantitative estimate of drug-likeness (QED) is 0.541. The molecule has 0 aromatic heterocycles. The molecule has 0 bridgehead atoms. The average Bonchev–Trinajstić information content (AvgIpc) is 2.00. The molecular weight excluding hydrogens is 203 g/mol. The normalized spacial score (nSPS) is 9.71. The molecule has 0 aliphatic rings. The van der Waals surface area contributed by atoms with Gasteiger partial charge in [0, 0.05) is 10.6 Å². The number of hydrogen-bond donors (Lipinski definition) is 0. The third-order valence-corrected chi connectivity index (χ3v) is 1.79. The van der Waals surface area contributed by atoms with E-state index in [0.717, 1.165) is 5.57 Å². The van der Waals surface area contributed by atoms with Crippen molar-refractivity contribution in [1.29, 1.82) is 0 Å². The molecule has 14 heavy (non-hydrogen) atoms. The number of hydrogen-bond acceptors (Lipinski definition) is 1. The van der Waals surface area contributed by atoms with Crippen molar-refractivity contribution >= 4 is 17.4 Å². The molecule has 0 amide bonds. The van der Waals surface area contributed by atoms with Crippen molar-refractivity contribution in [3.05, 3.63) is 46.3 Å². The van der Waals surface area contributed by atoms with Gasteiger partial charge in [0.2, 0.25) is 0 Å². The minimum absolute atomic E-state index is 0.230. The smallest absolute Gasteiger partial charge is 0.185 e. The van der Waals surface area contributed by atoms with E-state index in [-0.39, 0.29) is 16.4 Å². The van der Waals surface area contributed by atoms with Gasteiger partial charge in [0.05, 0.1) is 0 Å². The van der Waals surface area contributed by atoms with Crippen molar-refractivity contribution in [2.24, 2.45) is 0 Å². The zero-order valence-corrected chi connectivity index (χ0v) is 8.73. The molecule has 1 aromatic carbocycles. The fourth-order valence-electron chi connectivity index (χ4n) is 1.04. The van der Waals surface area contributed by atoms with Gasteiger partial charge < -0.3 is 0 Å². The summed E-state index contributed by atoms with van der Waals surface area (Å²) < 4.78 is 12.9. The van der Waals surface area contributed by atoms with Gasteiger partial charge in [-0.15, -0.1) is 0 Å². The molecule has 0 aliphatic heterocycles. The van der Waals surface area contributed by atoms with Crippen molar-refractivity contribution < 1.29 is 9.18 Å². The number of carbonyl (C=O) groups excluding carboxylic acids is 1. The molecule has 0 saturated heterocycles. The number of allylic oxidation sites excluding steroid dienone is 2. The van der Waals surface area contributed by atoms with Gasteiger partial charge in [-0.05, 0) is 38.1 Å². The Bertz CT molecular complexity index is 372. The van der Waals surface area contributed by atoms with Gasteiger partial charge in [-0.2, -0.15) is 0 Å². The predicted octanol–water partition coefficient (Wildman–Crippen LogP) is 3.63. The summed E-state index contributed by atoms with van der Waals surface area (Å²) >= 11 is 5.62. The van der Waals surface area contributed by atoms with Gasteiger partial charge in [-0.1, -0.05) is 17.2 Å². The topological polar surface area (TPSA) is 17.1 Å². The van der Waals surface area contributed by atoms with Crippen LogP contribution in [-0.2, 0) is 0 Å². The zero-order chi connectivity index (χ0) is 10.7. The van der Waals surface area contributed by atoms with E-state index in [9.17, 15) is 9.18 Å². The summed E-state index contributed by atoms with van der Waals surface area (Å²) in [5.74, 6) is -0.727. The van der Waals surface area contributed by atoms with Crippen LogP contribution in [0.3, 0.4) is 0 Å². The molecule has 0 fully saturated rings. The van der Waals surface area contributed by atoms with E-state index >= 15 is 0 Å². The van der Waals surface area contributed by atoms with E-state index in [1.54, 1.807) is 13.8 Å². The van der Waals surface area contributed by atoms with Crippen molar-refractivity contribution in [3.63, 3.8) is 0 Å². The first-order valence-electron chi connectivity index (χ1n) is 4.14. The Morgan fingerprint density at radius 2 is 2.00 bits per heavy atom. The van der Waals surface area contributed by atoms with Crippen molar-refractivity contribution in [2.45, 2.75) is 13.8 Å². The zero-order valence-electron chi connectivity index (χ0n) is 7.97. The van der Waals surface area contributed by atoms with Gasteiger partial charge in [-0.3, -0.25) is 4.79 Å². The first-order valence-corrected chi connectivity index (χ1v) is 4.52. The summed E-state index contributed by atoms with van der Waals surface area (Å²) in [4.78, 5) is 11.5. The molecule has 1 rings (SSSR count). The van der Waals surface area contributed by atoms with E-state index in [2.05, 4.69) is 0 Å². The highest BCUT2D eigenvalue weighted by Gasteiger charge is 2.05. The van der Waals surface area contributed by atoms with Crippen LogP contribution in [0.25, 0.3) is 0 Å². The van der Waals surface area contributed by atoms with Crippen LogP contribution in [-0.4, -0.2) is 5.78 Å². The largest absolute Gasteiger partial charge is 0.289 e. The van der Waals surface area contributed by atoms with Crippen LogP contribution >= 0.6 is 11.6 Å². The maximum Gasteiger partial charge on any atom is 0.185 e. The molecule has 0 saturated carbocycles. The van der Waals surface area contributed by atoms with Crippen LogP contribution in [0.5, 0.6) is 0 Å². The Balaban J connectivity index is 3.08. The first-order chi connectivity index (χ1) is 6.49. The monoisotopic (exact) mass is 212 g/mol. The maximum absolute atomic E-state index is 12.9. The highest BCUT2D eigenvalue weighted by molar-refractivity contribution is 6.31. The number of halogens is 2. The van der Waals surface area contributed by atoms with Crippen LogP contribution in [0.4, 0.5) is 4.39 Å². The van der Waals surface area contributed by atoms with Crippen LogP contribution in [0, 0.1) is 5.82 Å². The Labute approximate surface area is 87.2 Å². The number of carbonyl (C=O) groups is 1. The second-order valence-electron chi connectivity index (χ2n) is 3.24. The Morgan fingerprint density at radius 1 is 1.36 bits per heavy atom. The van der Waals surface area contributed by atoms with Crippen molar-refractivity contribution in [3.8, 4) is 0 Å². The van der Waals surface area contributed by atoms with Gasteiger partial charge in [-0.25, -0.2) is 4.39 Å². The molecule has 0 unspecified atom stereocenters. The molecule has 0 heterocycles. The van der Waals surface area contributed by atoms with Gasteiger partial charge in [0.25, 0.3) is 0 Å². The molecule has 0 N–H and O–H groups in total. The van der Waals surface area contributed by atoms with Crippen LogP contribution in [0.15, 0.2) is 29.8 Å². The van der Waals surface area contributed by atoms with Gasteiger partial charge in [0.1, 0.15) is 5.82 Å². The molecule has 0 radical (unpaired) electrons. The predicted molar refractivity (Wildman–Crippen MR) is 55.2 cm³/mol. The summed E-state index contributed by atoms with van der Waals surface area (Å²) in [5, 5.41) is 0.232. The molecule has 0 spiro atoms. The number of benzene rings is 1. The van der Waals surface area contributed by atoms with E-state index in [4.69, 9.17) is 11.6 Å². The molecule has 3 heteroatoms. The first kappa shape index (κ1) is 10.9. The van der Waals surface area contributed by atoms with Crippen LogP contribution in [0.2, 0.25) is 5.02 Å². The fraction of sp³-hybridized carbons (Fsp3) is 0.182. The summed E-state index contributed by atoms with van der Waals surface area (Å²) in [6, 6.07) is 3.79. The van der Waals surface area contributed by atoms with E-state index < -0.39 is 5.82 Å². The van der Waals surface area contributed by atoms with Crippen molar-refractivity contribution in [1.82, 2.24) is 0 Å². The Hall–Kier alpha value is -1.15. The SMILES string of the molecule is CC(C)=CC(=O)c1cc(F)cc(Cl)c1. The minimum Gasteiger partial charge on any atom is -0.289 e. The highest BCUT2D eigenvalue weighted by Crippen LogP contribution is 2.15. The van der Waals surface area contributed by atoms with Crippen LogP contribution in [0.1, 0.15) is 24.2 Å².